The standard InChI is InChI=1S/C21H25N3O3S2/c1-16-13-17(7-8-20(16)29(2,25)26)14-23-21(24-15-19-6-4-12-28-19)22-10-9-18-5-3-11-27-18/h3-8,11-13H,9-10,14-15H2,1-2H3,(H2,22,23,24). The third kappa shape index (κ3) is 6.47. The molecule has 0 fully saturated rings. The van der Waals surface area contributed by atoms with E-state index >= 15 is 0 Å². The predicted molar refractivity (Wildman–Crippen MR) is 117 cm³/mol. The molecule has 2 heterocycles. The van der Waals surface area contributed by atoms with Crippen molar-refractivity contribution in [2.75, 3.05) is 12.8 Å². The molecule has 1 aromatic carbocycles. The summed E-state index contributed by atoms with van der Waals surface area (Å²) in [5.41, 5.74) is 1.69. The number of nitrogens with one attached hydrogen (secondary N) is 2. The van der Waals surface area contributed by atoms with Gasteiger partial charge in [-0.05, 0) is 47.7 Å². The van der Waals surface area contributed by atoms with Gasteiger partial charge in [0.25, 0.3) is 0 Å². The van der Waals surface area contributed by atoms with Gasteiger partial charge in [0.05, 0.1) is 24.2 Å². The average Bonchev–Trinajstić information content (AvgIpc) is 3.36. The van der Waals surface area contributed by atoms with Crippen LogP contribution < -0.4 is 10.6 Å². The zero-order chi connectivity index (χ0) is 20.7. The number of rotatable bonds is 8. The SMILES string of the molecule is Cc1cc(CN=C(NCCc2ccco2)NCc2cccs2)ccc1S(C)(=O)=O. The van der Waals surface area contributed by atoms with Gasteiger partial charge in [0, 0.05) is 24.1 Å². The van der Waals surface area contributed by atoms with E-state index in [1.807, 2.05) is 35.7 Å². The van der Waals surface area contributed by atoms with E-state index in [0.717, 1.165) is 23.3 Å². The molecular weight excluding hydrogens is 406 g/mol. The molecule has 6 nitrogen and oxygen atoms in total. The number of aliphatic imine (C=N–C) groups is 1. The Balaban J connectivity index is 1.66. The lowest BCUT2D eigenvalue weighted by Crippen LogP contribution is -2.38. The molecule has 0 atom stereocenters. The Hall–Kier alpha value is -2.58. The first-order valence-corrected chi connectivity index (χ1v) is 12.1. The van der Waals surface area contributed by atoms with Crippen LogP contribution in [0.1, 0.15) is 21.8 Å². The van der Waals surface area contributed by atoms with Gasteiger partial charge in [-0.3, -0.25) is 0 Å². The van der Waals surface area contributed by atoms with Crippen LogP contribution in [-0.2, 0) is 29.3 Å². The minimum Gasteiger partial charge on any atom is -0.469 e. The van der Waals surface area contributed by atoms with Crippen LogP contribution in [-0.4, -0.2) is 27.2 Å². The van der Waals surface area contributed by atoms with Gasteiger partial charge in [-0.1, -0.05) is 18.2 Å². The smallest absolute Gasteiger partial charge is 0.191 e. The lowest BCUT2D eigenvalue weighted by Gasteiger charge is -2.12. The molecule has 8 heteroatoms. The maximum absolute atomic E-state index is 11.8. The van der Waals surface area contributed by atoms with E-state index in [1.165, 1.54) is 11.1 Å². The average molecular weight is 432 g/mol. The first-order valence-electron chi connectivity index (χ1n) is 9.28. The van der Waals surface area contributed by atoms with Crippen LogP contribution in [0.4, 0.5) is 0 Å². The molecule has 2 aromatic heterocycles. The van der Waals surface area contributed by atoms with Gasteiger partial charge >= 0.3 is 0 Å². The molecule has 0 spiro atoms. The van der Waals surface area contributed by atoms with Gasteiger partial charge in [0.2, 0.25) is 0 Å². The number of nitrogens with zero attached hydrogens (tertiary/aromatic N) is 1. The van der Waals surface area contributed by atoms with Crippen LogP contribution in [0.25, 0.3) is 0 Å². The van der Waals surface area contributed by atoms with E-state index < -0.39 is 9.84 Å². The highest BCUT2D eigenvalue weighted by atomic mass is 32.2. The van der Waals surface area contributed by atoms with Gasteiger partial charge < -0.3 is 15.1 Å². The third-order valence-electron chi connectivity index (χ3n) is 4.31. The molecule has 29 heavy (non-hydrogen) atoms. The maximum Gasteiger partial charge on any atom is 0.191 e. The molecule has 0 aliphatic carbocycles. The summed E-state index contributed by atoms with van der Waals surface area (Å²) in [4.78, 5) is 6.24. The van der Waals surface area contributed by atoms with E-state index in [2.05, 4.69) is 21.7 Å². The van der Waals surface area contributed by atoms with Crippen molar-refractivity contribution in [1.82, 2.24) is 10.6 Å². The summed E-state index contributed by atoms with van der Waals surface area (Å²) >= 11 is 1.69. The van der Waals surface area contributed by atoms with Crippen molar-refractivity contribution in [2.24, 2.45) is 4.99 Å². The van der Waals surface area contributed by atoms with E-state index in [-0.39, 0.29) is 0 Å². The molecule has 0 bridgehead atoms. The fraction of sp³-hybridized carbons (Fsp3) is 0.286. The highest BCUT2D eigenvalue weighted by Gasteiger charge is 2.11. The molecule has 3 aromatic rings. The molecule has 2 N–H and O–H groups in total. The summed E-state index contributed by atoms with van der Waals surface area (Å²) in [5.74, 6) is 1.62. The Morgan fingerprint density at radius 1 is 1.17 bits per heavy atom. The first kappa shape index (κ1) is 21.1. The zero-order valence-electron chi connectivity index (χ0n) is 16.5. The van der Waals surface area contributed by atoms with Crippen molar-refractivity contribution in [1.29, 1.82) is 0 Å². The fourth-order valence-electron chi connectivity index (χ4n) is 2.91. The van der Waals surface area contributed by atoms with Gasteiger partial charge in [0.1, 0.15) is 5.76 Å². The van der Waals surface area contributed by atoms with E-state index in [4.69, 9.17) is 4.42 Å². The number of hydrogen-bond acceptors (Lipinski definition) is 5. The molecule has 0 saturated heterocycles. The monoisotopic (exact) mass is 431 g/mol. The van der Waals surface area contributed by atoms with Crippen LogP contribution in [0.2, 0.25) is 0 Å². The van der Waals surface area contributed by atoms with Crippen molar-refractivity contribution in [3.63, 3.8) is 0 Å². The summed E-state index contributed by atoms with van der Waals surface area (Å²) < 4.78 is 28.9. The summed E-state index contributed by atoms with van der Waals surface area (Å²) in [6, 6.07) is 13.3. The Bertz CT molecular complexity index is 1040. The Morgan fingerprint density at radius 2 is 2.03 bits per heavy atom. The summed E-state index contributed by atoms with van der Waals surface area (Å²) in [6.07, 6.45) is 3.65. The molecule has 0 aliphatic heterocycles. The Kier molecular flexibility index (Phi) is 7.11. The maximum atomic E-state index is 11.8. The second-order valence-electron chi connectivity index (χ2n) is 6.73. The molecule has 0 radical (unpaired) electrons. The molecule has 0 amide bonds. The molecule has 154 valence electrons. The number of benzene rings is 1. The predicted octanol–water partition coefficient (Wildman–Crippen LogP) is 3.53. The van der Waals surface area contributed by atoms with Crippen molar-refractivity contribution >= 4 is 27.1 Å². The zero-order valence-corrected chi connectivity index (χ0v) is 18.1. The highest BCUT2D eigenvalue weighted by molar-refractivity contribution is 7.90. The van der Waals surface area contributed by atoms with Crippen LogP contribution in [0.3, 0.4) is 0 Å². The molecular formula is C21H25N3O3S2. The second-order valence-corrected chi connectivity index (χ2v) is 9.74. The number of sulfone groups is 1. The second kappa shape index (κ2) is 9.76. The molecule has 0 aliphatic rings. The van der Waals surface area contributed by atoms with Gasteiger partial charge in [-0.25, -0.2) is 13.4 Å². The van der Waals surface area contributed by atoms with E-state index in [1.54, 1.807) is 30.6 Å². The van der Waals surface area contributed by atoms with Gasteiger partial charge in [-0.15, -0.1) is 11.3 Å². The molecule has 3 rings (SSSR count). The largest absolute Gasteiger partial charge is 0.469 e. The number of aryl methyl sites for hydroxylation is 1. The number of guanidine groups is 1. The minimum absolute atomic E-state index is 0.359. The van der Waals surface area contributed by atoms with Crippen molar-refractivity contribution < 1.29 is 12.8 Å². The van der Waals surface area contributed by atoms with Crippen LogP contribution in [0.5, 0.6) is 0 Å². The van der Waals surface area contributed by atoms with Crippen LogP contribution in [0, 0.1) is 6.92 Å². The topological polar surface area (TPSA) is 83.7 Å². The first-order chi connectivity index (χ1) is 13.9. The van der Waals surface area contributed by atoms with Crippen LogP contribution in [0.15, 0.2) is 68.4 Å². The summed E-state index contributed by atoms with van der Waals surface area (Å²) in [6.45, 7) is 3.64. The normalized spacial score (nSPS) is 12.1. The van der Waals surface area contributed by atoms with Crippen molar-refractivity contribution in [3.8, 4) is 0 Å². The fourth-order valence-corrected chi connectivity index (χ4v) is 4.52. The number of hydrogen-bond donors (Lipinski definition) is 2. The van der Waals surface area contributed by atoms with Crippen molar-refractivity contribution in [3.05, 3.63) is 75.9 Å². The Labute approximate surface area is 175 Å². The third-order valence-corrected chi connectivity index (χ3v) is 6.45. The van der Waals surface area contributed by atoms with Gasteiger partial charge in [-0.2, -0.15) is 0 Å². The Morgan fingerprint density at radius 3 is 2.69 bits per heavy atom. The minimum atomic E-state index is -3.22. The number of furan rings is 1. The van der Waals surface area contributed by atoms with E-state index in [9.17, 15) is 8.42 Å². The lowest BCUT2D eigenvalue weighted by molar-refractivity contribution is 0.506. The number of thiophene rings is 1. The van der Waals surface area contributed by atoms with E-state index in [0.29, 0.717) is 30.5 Å². The van der Waals surface area contributed by atoms with Crippen LogP contribution >= 0.6 is 11.3 Å². The molecule has 0 saturated carbocycles. The molecule has 0 unspecified atom stereocenters. The van der Waals surface area contributed by atoms with Gasteiger partial charge in [0.15, 0.2) is 15.8 Å². The highest BCUT2D eigenvalue weighted by Crippen LogP contribution is 2.17. The lowest BCUT2D eigenvalue weighted by atomic mass is 10.1. The summed E-state index contributed by atoms with van der Waals surface area (Å²) in [5, 5.41) is 8.72. The van der Waals surface area contributed by atoms with Crippen molar-refractivity contribution in [2.45, 2.75) is 31.3 Å². The summed E-state index contributed by atoms with van der Waals surface area (Å²) in [7, 11) is -3.22. The quantitative estimate of drug-likeness (QED) is 0.421.